The van der Waals surface area contributed by atoms with Crippen LogP contribution < -0.4 is 0 Å². The van der Waals surface area contributed by atoms with E-state index < -0.39 is 0 Å². The summed E-state index contributed by atoms with van der Waals surface area (Å²) in [4.78, 5) is 0. The zero-order chi connectivity index (χ0) is 14.6. The van der Waals surface area contributed by atoms with Gasteiger partial charge in [-0.2, -0.15) is 0 Å². The lowest BCUT2D eigenvalue weighted by atomic mass is 10.1. The van der Waals surface area contributed by atoms with Gasteiger partial charge in [-0.3, -0.25) is 0 Å². The molecule has 0 aliphatic carbocycles. The molecule has 0 fully saturated rings. The van der Waals surface area contributed by atoms with E-state index in [1.165, 1.54) is 0 Å². The van der Waals surface area contributed by atoms with Crippen LogP contribution >= 0.6 is 0 Å². The molecule has 0 aliphatic rings. The van der Waals surface area contributed by atoms with Crippen LogP contribution in [0.5, 0.6) is 0 Å². The Morgan fingerprint density at radius 3 is 2.40 bits per heavy atom. The summed E-state index contributed by atoms with van der Waals surface area (Å²) in [6.07, 6.45) is 1.87. The lowest BCUT2D eigenvalue weighted by Crippen LogP contribution is -2.36. The van der Waals surface area contributed by atoms with Crippen LogP contribution in [0.3, 0.4) is 0 Å². The average molecular weight is 274 g/mol. The third-order valence-electron chi connectivity index (χ3n) is 3.27. The fraction of sp³-hybridized carbons (Fsp3) is 0.375. The first-order valence-corrected chi connectivity index (χ1v) is 6.79. The topological polar surface area (TPSA) is 37.2 Å². The fourth-order valence-corrected chi connectivity index (χ4v) is 2.12. The number of benzene rings is 1. The number of rotatable bonds is 6. The van der Waals surface area contributed by atoms with Crippen molar-refractivity contribution in [3.05, 3.63) is 65.1 Å². The van der Waals surface area contributed by atoms with Gasteiger partial charge in [0.25, 0.3) is 0 Å². The van der Waals surface area contributed by atoms with Gasteiger partial charge in [-0.15, -0.1) is 0 Å². The molecule has 0 saturated heterocycles. The Bertz CT molecular complexity index is 529. The molecule has 1 heterocycles. The molecule has 1 aromatic carbocycles. The minimum atomic E-state index is -0.339. The Labute approximate surface area is 120 Å². The van der Waals surface area contributed by atoms with Crippen molar-refractivity contribution in [1.29, 1.82) is 0 Å². The summed E-state index contributed by atoms with van der Waals surface area (Å²) in [5.74, 6) is 0. The molecule has 108 valence electrons. The molecule has 1 aromatic heterocycles. The fourth-order valence-electron chi connectivity index (χ4n) is 2.12. The molecule has 2 rings (SSSR count). The molecule has 0 N–H and O–H groups in total. The van der Waals surface area contributed by atoms with E-state index in [0.717, 1.165) is 11.3 Å². The first-order chi connectivity index (χ1) is 9.47. The molecular formula is C16H22N2O2. The Hall–Kier alpha value is -1.62. The van der Waals surface area contributed by atoms with Gasteiger partial charge >= 0.3 is 0 Å². The first kappa shape index (κ1) is 14.8. The predicted molar refractivity (Wildman–Crippen MR) is 80.0 cm³/mol. The highest BCUT2D eigenvalue weighted by atomic mass is 16.5. The average Bonchev–Trinajstić information content (AvgIpc) is 2.81. The Morgan fingerprint density at radius 1 is 1.15 bits per heavy atom. The monoisotopic (exact) mass is 274 g/mol. The van der Waals surface area contributed by atoms with Crippen LogP contribution in [0.25, 0.3) is 0 Å². The van der Waals surface area contributed by atoms with Crippen LogP contribution in [0.2, 0.25) is 0 Å². The second-order valence-electron chi connectivity index (χ2n) is 5.50. The summed E-state index contributed by atoms with van der Waals surface area (Å²) in [7, 11) is 5.26. The van der Waals surface area contributed by atoms with Gasteiger partial charge in [-0.1, -0.05) is 30.3 Å². The van der Waals surface area contributed by atoms with E-state index in [9.17, 15) is 5.21 Å². The summed E-state index contributed by atoms with van der Waals surface area (Å²) in [5, 5.41) is 11.6. The second-order valence-corrected chi connectivity index (χ2v) is 5.50. The van der Waals surface area contributed by atoms with Gasteiger partial charge in [-0.25, -0.2) is 0 Å². The van der Waals surface area contributed by atoms with Gasteiger partial charge in [-0.05, 0) is 17.7 Å². The van der Waals surface area contributed by atoms with Gasteiger partial charge in [0.1, 0.15) is 12.6 Å². The van der Waals surface area contributed by atoms with E-state index >= 15 is 0 Å². The lowest BCUT2D eigenvalue weighted by Gasteiger charge is -2.34. The van der Waals surface area contributed by atoms with E-state index in [1.807, 2.05) is 37.5 Å². The summed E-state index contributed by atoms with van der Waals surface area (Å²) in [6.45, 7) is 0.870. The number of nitrogens with zero attached hydrogens (tertiary/aromatic N) is 2. The summed E-state index contributed by atoms with van der Waals surface area (Å²) in [5.41, 5.74) is 2.19. The molecule has 20 heavy (non-hydrogen) atoms. The van der Waals surface area contributed by atoms with Crippen LogP contribution in [-0.4, -0.2) is 36.5 Å². The van der Waals surface area contributed by atoms with E-state index in [2.05, 4.69) is 22.8 Å². The number of aryl methyl sites for hydroxylation is 1. The highest BCUT2D eigenvalue weighted by Crippen LogP contribution is 2.25. The van der Waals surface area contributed by atoms with Gasteiger partial charge in [0.05, 0.1) is 26.4 Å². The highest BCUT2D eigenvalue weighted by Gasteiger charge is 2.17. The molecule has 1 atom stereocenters. The number of likely N-dealkylation sites (N-methyl/N-ethyl adjacent to an activating group) is 1. The zero-order valence-electron chi connectivity index (χ0n) is 12.3. The molecule has 4 heteroatoms. The molecule has 0 radical (unpaired) electrons. The predicted octanol–water partition coefficient (Wildman–Crippen LogP) is 2.71. The van der Waals surface area contributed by atoms with Crippen molar-refractivity contribution in [2.45, 2.75) is 6.10 Å². The standard InChI is InChI=1S/C16H22N2O2/c1-17-11-7-10-15(17)16(14-8-5-4-6-9-14)20-13-12-18(2,3)19/h4-11,16H,12-13H2,1-3H3/t16-/m1/s1. The number of aromatic nitrogens is 1. The Balaban J connectivity index is 2.16. The van der Waals surface area contributed by atoms with Crippen molar-refractivity contribution < 1.29 is 9.38 Å². The quantitative estimate of drug-likeness (QED) is 0.600. The van der Waals surface area contributed by atoms with E-state index in [4.69, 9.17) is 4.74 Å². The van der Waals surface area contributed by atoms with Crippen LogP contribution in [-0.2, 0) is 11.8 Å². The van der Waals surface area contributed by atoms with Crippen LogP contribution in [0.15, 0.2) is 48.7 Å². The molecular weight excluding hydrogens is 252 g/mol. The zero-order valence-corrected chi connectivity index (χ0v) is 12.3. The number of hydrogen-bond donors (Lipinski definition) is 0. The van der Waals surface area contributed by atoms with Crippen LogP contribution in [0, 0.1) is 5.21 Å². The lowest BCUT2D eigenvalue weighted by molar-refractivity contribution is -0.840. The van der Waals surface area contributed by atoms with Gasteiger partial charge in [0.15, 0.2) is 0 Å². The number of hydroxylamine groups is 3. The third-order valence-corrected chi connectivity index (χ3v) is 3.27. The minimum Gasteiger partial charge on any atom is -0.633 e. The van der Waals surface area contributed by atoms with Crippen molar-refractivity contribution in [3.63, 3.8) is 0 Å². The summed E-state index contributed by atoms with van der Waals surface area (Å²) in [6, 6.07) is 14.1. The number of quaternary nitrogens is 1. The molecule has 4 nitrogen and oxygen atoms in total. The Kier molecular flexibility index (Phi) is 4.60. The maximum Gasteiger partial charge on any atom is 0.123 e. The van der Waals surface area contributed by atoms with Crippen molar-refractivity contribution in [2.24, 2.45) is 7.05 Å². The maximum absolute atomic E-state index is 11.6. The normalized spacial score (nSPS) is 13.4. The number of hydrogen-bond acceptors (Lipinski definition) is 2. The van der Waals surface area contributed by atoms with Crippen LogP contribution in [0.4, 0.5) is 0 Å². The Morgan fingerprint density at radius 2 is 1.85 bits per heavy atom. The SMILES string of the molecule is Cn1cccc1[C@H](OCC[N+](C)(C)[O-])c1ccccc1. The minimum absolute atomic E-state index is 0.136. The molecule has 0 spiro atoms. The molecule has 0 saturated carbocycles. The van der Waals surface area contributed by atoms with Crippen molar-refractivity contribution >= 4 is 0 Å². The van der Waals surface area contributed by atoms with Gasteiger partial charge in [0.2, 0.25) is 0 Å². The largest absolute Gasteiger partial charge is 0.633 e. The molecule has 0 aliphatic heterocycles. The van der Waals surface area contributed by atoms with E-state index in [-0.39, 0.29) is 10.8 Å². The maximum atomic E-state index is 11.6. The first-order valence-electron chi connectivity index (χ1n) is 6.79. The summed E-state index contributed by atoms with van der Waals surface area (Å²) < 4.78 is 7.70. The highest BCUT2D eigenvalue weighted by molar-refractivity contribution is 5.26. The number of ether oxygens (including phenoxy) is 1. The van der Waals surface area contributed by atoms with Crippen LogP contribution in [0.1, 0.15) is 17.4 Å². The van der Waals surface area contributed by atoms with Gasteiger partial charge < -0.3 is 19.2 Å². The molecule has 0 unspecified atom stereocenters. The smallest absolute Gasteiger partial charge is 0.123 e. The van der Waals surface area contributed by atoms with E-state index in [1.54, 1.807) is 14.1 Å². The molecule has 0 bridgehead atoms. The van der Waals surface area contributed by atoms with Crippen molar-refractivity contribution in [1.82, 2.24) is 4.57 Å². The van der Waals surface area contributed by atoms with Crippen molar-refractivity contribution in [3.8, 4) is 0 Å². The van der Waals surface area contributed by atoms with Crippen molar-refractivity contribution in [2.75, 3.05) is 27.2 Å². The second kappa shape index (κ2) is 6.22. The molecule has 2 aromatic rings. The summed E-state index contributed by atoms with van der Waals surface area (Å²) >= 11 is 0. The van der Waals surface area contributed by atoms with Gasteiger partial charge in [0, 0.05) is 13.2 Å². The molecule has 0 amide bonds. The van der Waals surface area contributed by atoms with E-state index in [0.29, 0.717) is 13.2 Å². The third kappa shape index (κ3) is 3.93.